The van der Waals surface area contributed by atoms with Crippen LogP contribution in [0.15, 0.2) is 24.3 Å². The molecule has 1 heterocycles. The highest BCUT2D eigenvalue weighted by Gasteiger charge is 2.24. The van der Waals surface area contributed by atoms with Crippen molar-refractivity contribution in [1.29, 1.82) is 0 Å². The molecular formula is C19H28N2O4. The Morgan fingerprint density at radius 3 is 2.40 bits per heavy atom. The maximum absolute atomic E-state index is 12.4. The van der Waals surface area contributed by atoms with Gasteiger partial charge in [-0.25, -0.2) is 4.79 Å². The summed E-state index contributed by atoms with van der Waals surface area (Å²) in [5.41, 5.74) is 0.615. The zero-order valence-electron chi connectivity index (χ0n) is 15.3. The third-order valence-corrected chi connectivity index (χ3v) is 4.06. The smallest absolute Gasteiger partial charge is 0.409 e. The molecule has 1 aliphatic heterocycles. The lowest BCUT2D eigenvalue weighted by molar-refractivity contribution is 0.0860. The number of nitrogens with zero attached hydrogens (tertiary/aromatic N) is 1. The van der Waals surface area contributed by atoms with Crippen LogP contribution in [0.4, 0.5) is 4.79 Å². The van der Waals surface area contributed by atoms with Crippen LogP contribution in [0.3, 0.4) is 0 Å². The van der Waals surface area contributed by atoms with Crippen LogP contribution in [-0.2, 0) is 4.74 Å². The molecule has 0 spiro atoms. The number of carbonyl (C=O) groups is 2. The van der Waals surface area contributed by atoms with Crippen molar-refractivity contribution in [3.8, 4) is 5.75 Å². The summed E-state index contributed by atoms with van der Waals surface area (Å²) in [5.74, 6) is 1.14. The molecule has 25 heavy (non-hydrogen) atoms. The first-order valence-electron chi connectivity index (χ1n) is 8.95. The molecule has 0 radical (unpaired) electrons. The molecule has 138 valence electrons. The Morgan fingerprint density at radius 1 is 1.20 bits per heavy atom. The summed E-state index contributed by atoms with van der Waals surface area (Å²) in [5, 5.41) is 3.04. The third-order valence-electron chi connectivity index (χ3n) is 4.06. The minimum atomic E-state index is -0.274. The maximum Gasteiger partial charge on any atom is 0.409 e. The Bertz CT molecular complexity index is 563. The fraction of sp³-hybridized carbons (Fsp3) is 0.579. The average Bonchev–Trinajstić information content (AvgIpc) is 2.61. The van der Waals surface area contributed by atoms with E-state index in [1.54, 1.807) is 24.0 Å². The van der Waals surface area contributed by atoms with Crippen molar-refractivity contribution in [3.05, 3.63) is 29.8 Å². The number of hydrogen-bond acceptors (Lipinski definition) is 4. The van der Waals surface area contributed by atoms with Crippen molar-refractivity contribution in [2.45, 2.75) is 39.7 Å². The minimum absolute atomic E-state index is 0.0787. The van der Waals surface area contributed by atoms with Crippen LogP contribution in [0.2, 0.25) is 0 Å². The summed E-state index contributed by atoms with van der Waals surface area (Å²) in [6.07, 6.45) is 1.20. The maximum atomic E-state index is 12.4. The molecule has 0 bridgehead atoms. The summed E-state index contributed by atoms with van der Waals surface area (Å²) >= 11 is 0. The highest BCUT2D eigenvalue weighted by atomic mass is 16.6. The van der Waals surface area contributed by atoms with Crippen LogP contribution in [-0.4, -0.2) is 49.2 Å². The number of nitrogens with one attached hydrogen (secondary N) is 1. The SMILES string of the molecule is CCOC(=O)N1CCC(NC(=O)c2ccc(OCC(C)C)cc2)CC1. The van der Waals surface area contributed by atoms with E-state index in [1.807, 2.05) is 12.1 Å². The number of hydrogen-bond donors (Lipinski definition) is 1. The highest BCUT2D eigenvalue weighted by Crippen LogP contribution is 2.15. The molecule has 0 unspecified atom stereocenters. The Kier molecular flexibility index (Phi) is 7.10. The molecule has 1 N–H and O–H groups in total. The first kappa shape index (κ1) is 19.1. The van der Waals surface area contributed by atoms with Crippen molar-refractivity contribution < 1.29 is 19.1 Å². The van der Waals surface area contributed by atoms with Crippen molar-refractivity contribution >= 4 is 12.0 Å². The lowest BCUT2D eigenvalue weighted by atomic mass is 10.0. The number of ether oxygens (including phenoxy) is 2. The molecule has 0 saturated carbocycles. The fourth-order valence-corrected chi connectivity index (χ4v) is 2.66. The molecule has 2 amide bonds. The van der Waals surface area contributed by atoms with Gasteiger partial charge in [0, 0.05) is 24.7 Å². The quantitative estimate of drug-likeness (QED) is 0.858. The molecule has 1 aliphatic rings. The van der Waals surface area contributed by atoms with Gasteiger partial charge >= 0.3 is 6.09 Å². The number of amides is 2. The van der Waals surface area contributed by atoms with Gasteiger partial charge in [-0.15, -0.1) is 0 Å². The molecule has 1 aromatic carbocycles. The van der Waals surface area contributed by atoms with E-state index in [0.717, 1.165) is 18.6 Å². The van der Waals surface area contributed by atoms with Gasteiger partial charge in [0.1, 0.15) is 5.75 Å². The topological polar surface area (TPSA) is 67.9 Å². The zero-order valence-corrected chi connectivity index (χ0v) is 15.3. The number of piperidine rings is 1. The predicted molar refractivity (Wildman–Crippen MR) is 95.9 cm³/mol. The number of carbonyl (C=O) groups excluding carboxylic acids is 2. The normalized spacial score (nSPS) is 15.1. The summed E-state index contributed by atoms with van der Waals surface area (Å²) in [6.45, 7) is 8.22. The van der Waals surface area contributed by atoms with Gasteiger partial charge < -0.3 is 19.7 Å². The van der Waals surface area contributed by atoms with Gasteiger partial charge in [-0.05, 0) is 49.9 Å². The molecule has 6 nitrogen and oxygen atoms in total. The van der Waals surface area contributed by atoms with Crippen LogP contribution in [0.25, 0.3) is 0 Å². The fourth-order valence-electron chi connectivity index (χ4n) is 2.66. The Hall–Kier alpha value is -2.24. The monoisotopic (exact) mass is 348 g/mol. The number of benzene rings is 1. The van der Waals surface area contributed by atoms with Gasteiger partial charge in [0.05, 0.1) is 13.2 Å². The van der Waals surface area contributed by atoms with Crippen LogP contribution in [0.1, 0.15) is 44.0 Å². The van der Waals surface area contributed by atoms with E-state index in [9.17, 15) is 9.59 Å². The third kappa shape index (κ3) is 5.96. The van der Waals surface area contributed by atoms with E-state index in [2.05, 4.69) is 19.2 Å². The predicted octanol–water partition coefficient (Wildman–Crippen LogP) is 3.07. The molecule has 1 aromatic rings. The van der Waals surface area contributed by atoms with Gasteiger partial charge in [-0.3, -0.25) is 4.79 Å². The first-order valence-corrected chi connectivity index (χ1v) is 8.95. The van der Waals surface area contributed by atoms with Gasteiger partial charge in [0.15, 0.2) is 0 Å². The molecule has 2 rings (SSSR count). The lowest BCUT2D eigenvalue weighted by Gasteiger charge is -2.31. The van der Waals surface area contributed by atoms with Crippen molar-refractivity contribution in [2.75, 3.05) is 26.3 Å². The Labute approximate surface area is 149 Å². The number of likely N-dealkylation sites (tertiary alicyclic amines) is 1. The first-order chi connectivity index (χ1) is 12.0. The highest BCUT2D eigenvalue weighted by molar-refractivity contribution is 5.94. The van der Waals surface area contributed by atoms with Crippen LogP contribution in [0, 0.1) is 5.92 Å². The molecule has 1 saturated heterocycles. The van der Waals surface area contributed by atoms with E-state index in [4.69, 9.17) is 9.47 Å². The minimum Gasteiger partial charge on any atom is -0.493 e. The van der Waals surface area contributed by atoms with Crippen molar-refractivity contribution in [2.24, 2.45) is 5.92 Å². The molecular weight excluding hydrogens is 320 g/mol. The summed E-state index contributed by atoms with van der Waals surface area (Å²) in [7, 11) is 0. The van der Waals surface area contributed by atoms with E-state index >= 15 is 0 Å². The number of rotatable bonds is 6. The average molecular weight is 348 g/mol. The molecule has 6 heteroatoms. The van der Waals surface area contributed by atoms with E-state index < -0.39 is 0 Å². The van der Waals surface area contributed by atoms with Gasteiger partial charge in [0.2, 0.25) is 0 Å². The Morgan fingerprint density at radius 2 is 1.84 bits per heavy atom. The summed E-state index contributed by atoms with van der Waals surface area (Å²) in [6, 6.07) is 7.27. The zero-order chi connectivity index (χ0) is 18.2. The van der Waals surface area contributed by atoms with Gasteiger partial charge in [-0.1, -0.05) is 13.8 Å². The van der Waals surface area contributed by atoms with Gasteiger partial charge in [-0.2, -0.15) is 0 Å². The van der Waals surface area contributed by atoms with Crippen LogP contribution in [0.5, 0.6) is 5.75 Å². The van der Waals surface area contributed by atoms with E-state index in [-0.39, 0.29) is 18.0 Å². The molecule has 1 fully saturated rings. The second-order valence-corrected chi connectivity index (χ2v) is 6.66. The van der Waals surface area contributed by atoms with E-state index in [1.165, 1.54) is 0 Å². The standard InChI is InChI=1S/C19H28N2O4/c1-4-24-19(23)21-11-9-16(10-12-21)20-18(22)15-5-7-17(8-6-15)25-13-14(2)3/h5-8,14,16H,4,9-13H2,1-3H3,(H,20,22). The molecule has 0 aromatic heterocycles. The van der Waals surface area contributed by atoms with Crippen molar-refractivity contribution in [3.63, 3.8) is 0 Å². The van der Waals surface area contributed by atoms with Crippen LogP contribution >= 0.6 is 0 Å². The molecule has 0 atom stereocenters. The van der Waals surface area contributed by atoms with E-state index in [0.29, 0.717) is 37.8 Å². The molecule has 0 aliphatic carbocycles. The Balaban J connectivity index is 1.79. The second-order valence-electron chi connectivity index (χ2n) is 6.66. The van der Waals surface area contributed by atoms with Crippen LogP contribution < -0.4 is 10.1 Å². The summed E-state index contributed by atoms with van der Waals surface area (Å²) in [4.78, 5) is 25.7. The largest absolute Gasteiger partial charge is 0.493 e. The second kappa shape index (κ2) is 9.30. The van der Waals surface area contributed by atoms with Crippen molar-refractivity contribution in [1.82, 2.24) is 10.2 Å². The van der Waals surface area contributed by atoms with Gasteiger partial charge in [0.25, 0.3) is 5.91 Å². The summed E-state index contributed by atoms with van der Waals surface area (Å²) < 4.78 is 10.6. The lowest BCUT2D eigenvalue weighted by Crippen LogP contribution is -2.46.